The summed E-state index contributed by atoms with van der Waals surface area (Å²) >= 11 is 13.2. The average molecular weight is 553 g/mol. The van der Waals surface area contributed by atoms with Crippen LogP contribution in [0.1, 0.15) is 44.9 Å². The van der Waals surface area contributed by atoms with Crippen molar-refractivity contribution in [1.29, 1.82) is 0 Å². The quantitative estimate of drug-likeness (QED) is 0.555. The lowest BCUT2D eigenvalue weighted by Crippen LogP contribution is -2.42. The van der Waals surface area contributed by atoms with Crippen LogP contribution < -0.4 is 21.4 Å². The largest absolute Gasteiger partial charge is 0.480 e. The van der Waals surface area contributed by atoms with Gasteiger partial charge in [-0.1, -0.05) is 23.8 Å². The van der Waals surface area contributed by atoms with Crippen LogP contribution in [0.2, 0.25) is 0 Å². The van der Waals surface area contributed by atoms with Crippen molar-refractivity contribution in [2.75, 3.05) is 25.6 Å². The summed E-state index contributed by atoms with van der Waals surface area (Å²) in [5.74, 6) is 0.603. The summed E-state index contributed by atoms with van der Waals surface area (Å²) in [5, 5.41) is 7.04. The Morgan fingerprint density at radius 2 is 1.97 bits per heavy atom. The molecule has 3 aliphatic heterocycles. The molecule has 0 aromatic rings. The van der Waals surface area contributed by atoms with Crippen LogP contribution in [-0.4, -0.2) is 47.5 Å². The molecule has 1 atom stereocenters. The molecule has 0 saturated carbocycles. The van der Waals surface area contributed by atoms with Gasteiger partial charge in [-0.05, 0) is 62.8 Å². The van der Waals surface area contributed by atoms with E-state index in [9.17, 15) is 0 Å². The number of nitrogens with one attached hydrogen (secondary N) is 1. The van der Waals surface area contributed by atoms with Crippen molar-refractivity contribution in [1.82, 2.24) is 9.55 Å². The van der Waals surface area contributed by atoms with Gasteiger partial charge in [-0.15, -0.1) is 11.6 Å². The van der Waals surface area contributed by atoms with Gasteiger partial charge in [0.15, 0.2) is 0 Å². The van der Waals surface area contributed by atoms with Crippen LogP contribution in [0.4, 0.5) is 5.69 Å². The summed E-state index contributed by atoms with van der Waals surface area (Å²) in [6, 6.07) is 4.44. The second-order valence-corrected chi connectivity index (χ2v) is 10.9. The van der Waals surface area contributed by atoms with Crippen molar-refractivity contribution in [2.45, 2.75) is 56.4 Å². The molecule has 6 aliphatic rings. The summed E-state index contributed by atoms with van der Waals surface area (Å²) in [4.78, 5) is 14.8. The molecule has 1 saturated heterocycles. The normalized spacial score (nSPS) is 22.4. The number of aromatic nitrogens is 2. The van der Waals surface area contributed by atoms with Gasteiger partial charge >= 0.3 is 0 Å². The van der Waals surface area contributed by atoms with Crippen molar-refractivity contribution in [2.24, 2.45) is 9.98 Å². The number of rotatable bonds is 5. The first-order valence-corrected chi connectivity index (χ1v) is 14.1. The predicted molar refractivity (Wildman–Crippen MR) is 154 cm³/mol. The fourth-order valence-electron chi connectivity index (χ4n) is 5.38. The summed E-state index contributed by atoms with van der Waals surface area (Å²) in [7, 11) is 1.65. The molecule has 0 amide bonds. The van der Waals surface area contributed by atoms with E-state index in [0.717, 1.165) is 101 Å². The fraction of sp³-hybridized carbons (Fsp3) is 0.414. The van der Waals surface area contributed by atoms with Crippen LogP contribution in [0, 0.1) is 0 Å². The molecule has 0 aromatic heterocycles. The van der Waals surface area contributed by atoms with E-state index in [2.05, 4.69) is 39.2 Å². The molecular weight excluding hydrogens is 521 g/mol. The molecule has 6 rings (SSSR count). The number of ether oxygens (including phenoxy) is 2. The summed E-state index contributed by atoms with van der Waals surface area (Å²) in [5.41, 5.74) is 4.67. The lowest BCUT2D eigenvalue weighted by molar-refractivity contribution is 0.0864. The minimum absolute atomic E-state index is 0.192. The highest BCUT2D eigenvalue weighted by Crippen LogP contribution is 2.32. The monoisotopic (exact) mass is 551 g/mol. The van der Waals surface area contributed by atoms with Crippen LogP contribution in [0.25, 0.3) is 29.2 Å². The third kappa shape index (κ3) is 5.07. The van der Waals surface area contributed by atoms with Gasteiger partial charge in [0.1, 0.15) is 0 Å². The zero-order chi connectivity index (χ0) is 26.1. The topological polar surface area (TPSA) is 73.0 Å². The minimum atomic E-state index is -0.245. The Morgan fingerprint density at radius 1 is 1.13 bits per heavy atom. The van der Waals surface area contributed by atoms with E-state index in [0.29, 0.717) is 12.3 Å². The molecule has 0 aromatic carbocycles. The molecule has 1 fully saturated rings. The molecule has 0 spiro atoms. The number of alkyl halides is 1. The molecule has 3 aliphatic carbocycles. The lowest BCUT2D eigenvalue weighted by Gasteiger charge is -2.26. The van der Waals surface area contributed by atoms with Gasteiger partial charge in [-0.3, -0.25) is 4.99 Å². The average Bonchev–Trinajstić information content (AvgIpc) is 2.93. The Kier molecular flexibility index (Phi) is 7.41. The number of halogens is 2. The predicted octanol–water partition coefficient (Wildman–Crippen LogP) is 4.49. The number of anilines is 1. The van der Waals surface area contributed by atoms with Crippen LogP contribution in [-0.2, 0) is 9.47 Å². The zero-order valence-electron chi connectivity index (χ0n) is 21.4. The Morgan fingerprint density at radius 3 is 2.79 bits per heavy atom. The highest BCUT2D eigenvalue weighted by molar-refractivity contribution is 6.32. The number of allylic oxidation sites excluding steroid dienone is 5. The molecule has 9 heteroatoms. The first-order chi connectivity index (χ1) is 18.6. The molecule has 0 bridgehead atoms. The number of methoxy groups -OCH3 is 1. The molecule has 1 N–H and O–H groups in total. The van der Waals surface area contributed by atoms with E-state index in [1.54, 1.807) is 7.11 Å². The highest BCUT2D eigenvalue weighted by Gasteiger charge is 2.24. The van der Waals surface area contributed by atoms with Gasteiger partial charge in [0.25, 0.3) is 0 Å². The number of hydrogen-bond acceptors (Lipinski definition) is 6. The maximum atomic E-state index is 6.90. The van der Waals surface area contributed by atoms with Crippen molar-refractivity contribution in [3.8, 4) is 11.4 Å². The van der Waals surface area contributed by atoms with E-state index in [-0.39, 0.29) is 11.4 Å². The SMILES string of the molecule is COC1=C(Nc2cc3nc4c(n(C5=CC=C(Cl)CC5Cl)c-3c/c2=N\C2CCOCC2)=CCCC=4)CCC=N1. The van der Waals surface area contributed by atoms with E-state index < -0.39 is 0 Å². The summed E-state index contributed by atoms with van der Waals surface area (Å²) < 4.78 is 13.4. The maximum Gasteiger partial charge on any atom is 0.232 e. The van der Waals surface area contributed by atoms with Gasteiger partial charge < -0.3 is 19.4 Å². The van der Waals surface area contributed by atoms with E-state index in [1.807, 2.05) is 18.4 Å². The van der Waals surface area contributed by atoms with Gasteiger partial charge in [0.05, 0.1) is 57.4 Å². The molecule has 1 unspecified atom stereocenters. The van der Waals surface area contributed by atoms with Crippen LogP contribution >= 0.6 is 23.2 Å². The van der Waals surface area contributed by atoms with Crippen LogP contribution in [0.15, 0.2) is 50.9 Å². The van der Waals surface area contributed by atoms with Crippen molar-refractivity contribution < 1.29 is 9.47 Å². The van der Waals surface area contributed by atoms with Gasteiger partial charge in [-0.2, -0.15) is 0 Å². The van der Waals surface area contributed by atoms with Crippen molar-refractivity contribution >= 4 is 53.0 Å². The Bertz CT molecular complexity index is 1530. The molecule has 3 heterocycles. The number of benzene rings is 1. The number of fused-ring (bicyclic) bond motifs is 2. The Balaban J connectivity index is 1.61. The second kappa shape index (κ2) is 11.1. The molecule has 7 nitrogen and oxygen atoms in total. The van der Waals surface area contributed by atoms with E-state index in [4.69, 9.17) is 42.7 Å². The second-order valence-electron chi connectivity index (χ2n) is 9.87. The molecule has 0 radical (unpaired) electrons. The fourth-order valence-corrected chi connectivity index (χ4v) is 6.02. The Labute approximate surface area is 231 Å². The van der Waals surface area contributed by atoms with Gasteiger partial charge in [-0.25, -0.2) is 9.98 Å². The third-order valence-corrected chi connectivity index (χ3v) is 7.95. The smallest absolute Gasteiger partial charge is 0.232 e. The molecule has 198 valence electrons. The summed E-state index contributed by atoms with van der Waals surface area (Å²) in [6.07, 6.45) is 16.3. The maximum absolute atomic E-state index is 6.90. The van der Waals surface area contributed by atoms with Crippen molar-refractivity contribution in [3.63, 3.8) is 0 Å². The van der Waals surface area contributed by atoms with Crippen molar-refractivity contribution in [3.05, 3.63) is 57.0 Å². The third-order valence-electron chi connectivity index (χ3n) is 7.29. The van der Waals surface area contributed by atoms with Crippen LogP contribution in [0.5, 0.6) is 0 Å². The van der Waals surface area contributed by atoms with Gasteiger partial charge in [0.2, 0.25) is 5.88 Å². The zero-order valence-corrected chi connectivity index (χ0v) is 22.9. The highest BCUT2D eigenvalue weighted by atomic mass is 35.5. The van der Waals surface area contributed by atoms with Gasteiger partial charge in [0, 0.05) is 36.6 Å². The minimum Gasteiger partial charge on any atom is -0.480 e. The van der Waals surface area contributed by atoms with E-state index >= 15 is 0 Å². The standard InChI is InChI=1S/C29H31Cl2N5O2/c1-37-29-22(6-4-12-32-29)35-23-16-25-28(17-24(23)33-19-10-13-38-14-11-19)36(26-9-8-18(30)15-20(26)31)27-7-3-2-5-21(27)34-25/h5,7-9,12,16-17,19-20,35H,2-4,6,10-11,13-15H2,1H3/b33-24+. The lowest BCUT2D eigenvalue weighted by atomic mass is 10.0. The summed E-state index contributed by atoms with van der Waals surface area (Å²) in [6.45, 7) is 1.46. The molecule has 38 heavy (non-hydrogen) atoms. The first-order valence-electron chi connectivity index (χ1n) is 13.3. The van der Waals surface area contributed by atoms with E-state index in [1.165, 1.54) is 0 Å². The number of nitrogens with zero attached hydrogens (tertiary/aromatic N) is 4. The number of hydrogen-bond donors (Lipinski definition) is 1. The molecular formula is C29H31Cl2N5O2. The number of aliphatic imine (C=N–C) groups is 1. The van der Waals surface area contributed by atoms with Crippen LogP contribution in [0.3, 0.4) is 0 Å². The Hall–Kier alpha value is -2.87. The first kappa shape index (κ1) is 25.4.